The fraction of sp³-hybridized carbons (Fsp3) is 1.00. The van der Waals surface area contributed by atoms with Gasteiger partial charge in [-0.15, -0.1) is 0 Å². The average Bonchev–Trinajstić information content (AvgIpc) is 1.81. The Morgan fingerprint density at radius 1 is 1.42 bits per heavy atom. The monoisotopic (exact) mass is 191 g/mol. The van der Waals surface area contributed by atoms with Gasteiger partial charge in [0.1, 0.15) is 9.84 Å². The third-order valence-electron chi connectivity index (χ3n) is 2.40. The second kappa shape index (κ2) is 3.34. The second-order valence-corrected chi connectivity index (χ2v) is 6.41. The summed E-state index contributed by atoms with van der Waals surface area (Å²) in [6.45, 7) is 4.28. The van der Waals surface area contributed by atoms with Crippen LogP contribution in [0.3, 0.4) is 0 Å². The Kier molecular flexibility index (Phi) is 2.78. The number of nitrogens with one attached hydrogen (secondary N) is 1. The summed E-state index contributed by atoms with van der Waals surface area (Å²) < 4.78 is 21.6. The zero-order chi connectivity index (χ0) is 9.24. The van der Waals surface area contributed by atoms with Gasteiger partial charge in [0.25, 0.3) is 0 Å². The number of hydrogen-bond acceptors (Lipinski definition) is 3. The summed E-state index contributed by atoms with van der Waals surface area (Å²) in [5, 5.41) is 3.20. The standard InChI is InChI=1S/C8H17NO2S/c1-8(6-9-7-8)4-3-5-12(2,10)11/h9H,3-7H2,1-2H3. The van der Waals surface area contributed by atoms with E-state index in [4.69, 9.17) is 0 Å². The van der Waals surface area contributed by atoms with Gasteiger partial charge in [0, 0.05) is 25.1 Å². The molecule has 1 N–H and O–H groups in total. The Balaban J connectivity index is 2.18. The number of rotatable bonds is 4. The van der Waals surface area contributed by atoms with Gasteiger partial charge in [0.05, 0.1) is 0 Å². The molecule has 1 rings (SSSR count). The van der Waals surface area contributed by atoms with E-state index in [9.17, 15) is 8.42 Å². The molecule has 0 amide bonds. The average molecular weight is 191 g/mol. The first-order valence-electron chi connectivity index (χ1n) is 4.30. The first-order chi connectivity index (χ1) is 5.41. The Morgan fingerprint density at radius 2 is 2.00 bits per heavy atom. The summed E-state index contributed by atoms with van der Waals surface area (Å²) in [7, 11) is -2.75. The molecule has 0 aliphatic carbocycles. The lowest BCUT2D eigenvalue weighted by atomic mass is 9.80. The van der Waals surface area contributed by atoms with E-state index in [1.165, 1.54) is 6.26 Å². The molecule has 12 heavy (non-hydrogen) atoms. The molecule has 1 saturated heterocycles. The van der Waals surface area contributed by atoms with Crippen LogP contribution >= 0.6 is 0 Å². The molecule has 0 unspecified atom stereocenters. The molecule has 4 heteroatoms. The van der Waals surface area contributed by atoms with E-state index in [0.717, 1.165) is 25.9 Å². The fourth-order valence-electron chi connectivity index (χ4n) is 1.49. The first kappa shape index (κ1) is 9.99. The minimum absolute atomic E-state index is 0.336. The van der Waals surface area contributed by atoms with Crippen LogP contribution < -0.4 is 5.32 Å². The Labute approximate surface area is 74.5 Å². The molecule has 0 radical (unpaired) electrons. The third-order valence-corrected chi connectivity index (χ3v) is 3.43. The van der Waals surface area contributed by atoms with Crippen molar-refractivity contribution in [2.75, 3.05) is 25.1 Å². The zero-order valence-electron chi connectivity index (χ0n) is 7.76. The van der Waals surface area contributed by atoms with E-state index in [-0.39, 0.29) is 0 Å². The van der Waals surface area contributed by atoms with Crippen molar-refractivity contribution in [1.82, 2.24) is 5.32 Å². The first-order valence-corrected chi connectivity index (χ1v) is 6.36. The van der Waals surface area contributed by atoms with E-state index >= 15 is 0 Å². The van der Waals surface area contributed by atoms with Crippen molar-refractivity contribution in [1.29, 1.82) is 0 Å². The maximum atomic E-state index is 10.8. The maximum absolute atomic E-state index is 10.8. The van der Waals surface area contributed by atoms with Gasteiger partial charge in [-0.05, 0) is 18.3 Å². The largest absolute Gasteiger partial charge is 0.316 e. The van der Waals surface area contributed by atoms with Crippen molar-refractivity contribution in [2.45, 2.75) is 19.8 Å². The van der Waals surface area contributed by atoms with Crippen LogP contribution in [0.2, 0.25) is 0 Å². The second-order valence-electron chi connectivity index (χ2n) is 4.15. The molecule has 1 heterocycles. The topological polar surface area (TPSA) is 46.2 Å². The number of hydrogen-bond donors (Lipinski definition) is 1. The van der Waals surface area contributed by atoms with Gasteiger partial charge in [-0.25, -0.2) is 8.42 Å². The van der Waals surface area contributed by atoms with Gasteiger partial charge < -0.3 is 5.32 Å². The molecule has 0 aromatic rings. The van der Waals surface area contributed by atoms with Crippen LogP contribution in [0.1, 0.15) is 19.8 Å². The zero-order valence-corrected chi connectivity index (χ0v) is 8.58. The van der Waals surface area contributed by atoms with Crippen molar-refractivity contribution in [3.05, 3.63) is 0 Å². The summed E-state index contributed by atoms with van der Waals surface area (Å²) >= 11 is 0. The van der Waals surface area contributed by atoms with Crippen LogP contribution in [0, 0.1) is 5.41 Å². The van der Waals surface area contributed by atoms with E-state index in [1.807, 2.05) is 0 Å². The molecule has 0 aromatic carbocycles. The van der Waals surface area contributed by atoms with Crippen molar-refractivity contribution < 1.29 is 8.42 Å². The predicted molar refractivity (Wildman–Crippen MR) is 49.9 cm³/mol. The van der Waals surface area contributed by atoms with Gasteiger partial charge in [0.2, 0.25) is 0 Å². The third kappa shape index (κ3) is 3.11. The summed E-state index contributed by atoms with van der Waals surface area (Å²) in [5.41, 5.74) is 0.366. The normalized spacial score (nSPS) is 21.8. The summed E-state index contributed by atoms with van der Waals surface area (Å²) in [6.07, 6.45) is 3.12. The smallest absolute Gasteiger partial charge is 0.147 e. The molecule has 3 nitrogen and oxygen atoms in total. The Morgan fingerprint density at radius 3 is 2.33 bits per heavy atom. The summed E-state index contributed by atoms with van der Waals surface area (Å²) in [5.74, 6) is 0.336. The molecule has 72 valence electrons. The molecule has 0 bridgehead atoms. The molecule has 0 atom stereocenters. The minimum Gasteiger partial charge on any atom is -0.316 e. The van der Waals surface area contributed by atoms with Gasteiger partial charge in [0.15, 0.2) is 0 Å². The number of sulfone groups is 1. The van der Waals surface area contributed by atoms with Crippen molar-refractivity contribution in [3.8, 4) is 0 Å². The van der Waals surface area contributed by atoms with Crippen molar-refractivity contribution >= 4 is 9.84 Å². The van der Waals surface area contributed by atoms with Crippen LogP contribution in [0.15, 0.2) is 0 Å². The molecule has 0 saturated carbocycles. The Bertz CT molecular complexity index is 242. The van der Waals surface area contributed by atoms with Gasteiger partial charge in [-0.1, -0.05) is 6.92 Å². The predicted octanol–water partition coefficient (Wildman–Crippen LogP) is 0.421. The van der Waals surface area contributed by atoms with Crippen LogP contribution in [-0.4, -0.2) is 33.5 Å². The van der Waals surface area contributed by atoms with Gasteiger partial charge in [-0.3, -0.25) is 0 Å². The van der Waals surface area contributed by atoms with E-state index in [0.29, 0.717) is 11.2 Å². The molecule has 1 fully saturated rings. The summed E-state index contributed by atoms with van der Waals surface area (Å²) in [4.78, 5) is 0. The molecule has 1 aliphatic rings. The van der Waals surface area contributed by atoms with Crippen LogP contribution in [-0.2, 0) is 9.84 Å². The van der Waals surface area contributed by atoms with Gasteiger partial charge in [-0.2, -0.15) is 0 Å². The SMILES string of the molecule is CC1(CCCS(C)(=O)=O)CNC1. The van der Waals surface area contributed by atoms with Crippen LogP contribution in [0.5, 0.6) is 0 Å². The lowest BCUT2D eigenvalue weighted by Gasteiger charge is -2.39. The minimum atomic E-state index is -2.75. The highest BCUT2D eigenvalue weighted by Crippen LogP contribution is 2.27. The highest BCUT2D eigenvalue weighted by atomic mass is 32.2. The highest BCUT2D eigenvalue weighted by molar-refractivity contribution is 7.90. The Hall–Kier alpha value is -0.0900. The molecule has 0 aromatic heterocycles. The summed E-state index contributed by atoms with van der Waals surface area (Å²) in [6, 6.07) is 0. The lowest BCUT2D eigenvalue weighted by Crippen LogP contribution is -2.51. The van der Waals surface area contributed by atoms with Gasteiger partial charge >= 0.3 is 0 Å². The van der Waals surface area contributed by atoms with Crippen molar-refractivity contribution in [2.24, 2.45) is 5.41 Å². The fourth-order valence-corrected chi connectivity index (χ4v) is 2.16. The lowest BCUT2D eigenvalue weighted by molar-refractivity contribution is 0.179. The van der Waals surface area contributed by atoms with Crippen molar-refractivity contribution in [3.63, 3.8) is 0 Å². The maximum Gasteiger partial charge on any atom is 0.147 e. The van der Waals surface area contributed by atoms with E-state index in [2.05, 4.69) is 12.2 Å². The highest BCUT2D eigenvalue weighted by Gasteiger charge is 2.30. The van der Waals surface area contributed by atoms with Crippen LogP contribution in [0.25, 0.3) is 0 Å². The molecule has 0 spiro atoms. The quantitative estimate of drug-likeness (QED) is 0.700. The molecular formula is C8H17NO2S. The van der Waals surface area contributed by atoms with E-state index in [1.54, 1.807) is 0 Å². The molecular weight excluding hydrogens is 174 g/mol. The van der Waals surface area contributed by atoms with Crippen LogP contribution in [0.4, 0.5) is 0 Å². The van der Waals surface area contributed by atoms with E-state index < -0.39 is 9.84 Å². The molecule has 1 aliphatic heterocycles.